The number of nitrogens with one attached hydrogen (secondary N) is 2. The van der Waals surface area contributed by atoms with Gasteiger partial charge in [0.2, 0.25) is 0 Å². The molecule has 2 atom stereocenters. The molecule has 0 aliphatic rings. The first-order valence-electron chi connectivity index (χ1n) is 5.29. The second-order valence-electron chi connectivity index (χ2n) is 3.75. The standard InChI is InChI=1S/C10H17BrN4OS/c1-7(4-5-17(3)16)15-10-8(11)9(12-2)13-6-14-10/h6-7H,4-5H2,1-3H3,(H2,12,13,14,15). The van der Waals surface area contributed by atoms with Crippen LogP contribution in [0.4, 0.5) is 11.6 Å². The van der Waals surface area contributed by atoms with Crippen molar-refractivity contribution in [2.75, 3.05) is 29.7 Å². The summed E-state index contributed by atoms with van der Waals surface area (Å²) in [5, 5.41) is 6.24. The fraction of sp³-hybridized carbons (Fsp3) is 0.600. The van der Waals surface area contributed by atoms with Crippen molar-refractivity contribution in [3.63, 3.8) is 0 Å². The highest BCUT2D eigenvalue weighted by Crippen LogP contribution is 2.26. The normalized spacial score (nSPS) is 14.1. The third-order valence-corrected chi connectivity index (χ3v) is 3.81. The van der Waals surface area contributed by atoms with Crippen molar-refractivity contribution in [3.05, 3.63) is 10.8 Å². The number of hydrogen-bond donors (Lipinski definition) is 2. The lowest BCUT2D eigenvalue weighted by Crippen LogP contribution is -2.19. The predicted molar refractivity (Wildman–Crippen MR) is 75.9 cm³/mol. The Kier molecular flexibility index (Phi) is 5.84. The minimum absolute atomic E-state index is 0.217. The maximum absolute atomic E-state index is 11.0. The molecule has 96 valence electrons. The summed E-state index contributed by atoms with van der Waals surface area (Å²) >= 11 is 3.44. The molecule has 0 radical (unpaired) electrons. The second kappa shape index (κ2) is 6.90. The third kappa shape index (κ3) is 4.59. The molecule has 2 N–H and O–H groups in total. The van der Waals surface area contributed by atoms with Crippen LogP contribution >= 0.6 is 15.9 Å². The van der Waals surface area contributed by atoms with E-state index in [0.717, 1.165) is 22.5 Å². The van der Waals surface area contributed by atoms with Gasteiger partial charge in [0.05, 0.1) is 0 Å². The predicted octanol–water partition coefficient (Wildman–Crippen LogP) is 1.85. The van der Waals surface area contributed by atoms with Crippen LogP contribution in [0.2, 0.25) is 0 Å². The van der Waals surface area contributed by atoms with Crippen LogP contribution in [0.25, 0.3) is 0 Å². The van der Waals surface area contributed by atoms with Crippen molar-refractivity contribution in [2.24, 2.45) is 0 Å². The Morgan fingerprint density at radius 3 is 2.71 bits per heavy atom. The zero-order valence-corrected chi connectivity index (χ0v) is 12.6. The molecule has 1 heterocycles. The van der Waals surface area contributed by atoms with E-state index in [2.05, 4.69) is 36.5 Å². The quantitative estimate of drug-likeness (QED) is 0.837. The van der Waals surface area contributed by atoms with Gasteiger partial charge in [0.1, 0.15) is 22.4 Å². The molecule has 1 aromatic rings. The third-order valence-electron chi connectivity index (χ3n) is 2.25. The van der Waals surface area contributed by atoms with Gasteiger partial charge >= 0.3 is 0 Å². The molecule has 0 bridgehead atoms. The molecule has 1 rings (SSSR count). The van der Waals surface area contributed by atoms with E-state index >= 15 is 0 Å². The Bertz CT molecular complexity index is 402. The Balaban J connectivity index is 2.64. The summed E-state index contributed by atoms with van der Waals surface area (Å²) in [6.45, 7) is 2.04. The summed E-state index contributed by atoms with van der Waals surface area (Å²) in [5.74, 6) is 2.18. The van der Waals surface area contributed by atoms with Crippen LogP contribution in [0.15, 0.2) is 10.8 Å². The van der Waals surface area contributed by atoms with Crippen LogP contribution in [0, 0.1) is 0 Å². The van der Waals surface area contributed by atoms with E-state index in [-0.39, 0.29) is 6.04 Å². The minimum Gasteiger partial charge on any atom is -0.372 e. The number of nitrogens with zero attached hydrogens (tertiary/aromatic N) is 2. The van der Waals surface area contributed by atoms with Crippen molar-refractivity contribution in [3.8, 4) is 0 Å². The fourth-order valence-electron chi connectivity index (χ4n) is 1.29. The molecular weight excluding hydrogens is 304 g/mol. The first-order valence-corrected chi connectivity index (χ1v) is 7.81. The summed E-state index contributed by atoms with van der Waals surface area (Å²) in [6.07, 6.45) is 4.06. The van der Waals surface area contributed by atoms with Gasteiger partial charge in [-0.05, 0) is 29.3 Å². The summed E-state index contributed by atoms with van der Waals surface area (Å²) < 4.78 is 11.8. The Hall–Kier alpha value is -0.690. The van der Waals surface area contributed by atoms with Crippen LogP contribution < -0.4 is 10.6 Å². The molecule has 0 spiro atoms. The number of anilines is 2. The zero-order valence-electron chi connectivity index (χ0n) is 10.2. The highest BCUT2D eigenvalue weighted by Gasteiger charge is 2.10. The van der Waals surface area contributed by atoms with Crippen molar-refractivity contribution in [2.45, 2.75) is 19.4 Å². The summed E-state index contributed by atoms with van der Waals surface area (Å²) in [4.78, 5) is 8.25. The van der Waals surface area contributed by atoms with Gasteiger partial charge in [0, 0.05) is 35.9 Å². The van der Waals surface area contributed by atoms with Crippen molar-refractivity contribution in [1.82, 2.24) is 9.97 Å². The van der Waals surface area contributed by atoms with Crippen molar-refractivity contribution >= 4 is 38.4 Å². The van der Waals surface area contributed by atoms with Crippen LogP contribution in [-0.2, 0) is 10.8 Å². The fourth-order valence-corrected chi connectivity index (χ4v) is 2.50. The first kappa shape index (κ1) is 14.4. The summed E-state index contributed by atoms with van der Waals surface area (Å²) in [6, 6.07) is 0.217. The van der Waals surface area contributed by atoms with Crippen LogP contribution in [0.5, 0.6) is 0 Å². The molecule has 0 fully saturated rings. The number of hydrogen-bond acceptors (Lipinski definition) is 5. The van der Waals surface area contributed by atoms with Gasteiger partial charge in [0.15, 0.2) is 0 Å². The molecule has 0 aliphatic heterocycles. The van der Waals surface area contributed by atoms with E-state index in [1.54, 1.807) is 13.3 Å². The van der Waals surface area contributed by atoms with Crippen molar-refractivity contribution < 1.29 is 4.21 Å². The molecule has 0 amide bonds. The molecule has 0 saturated heterocycles. The molecule has 2 unspecified atom stereocenters. The number of rotatable bonds is 6. The van der Waals surface area contributed by atoms with Gasteiger partial charge in [-0.1, -0.05) is 0 Å². The lowest BCUT2D eigenvalue weighted by atomic mass is 10.2. The van der Waals surface area contributed by atoms with E-state index in [1.165, 1.54) is 6.33 Å². The van der Waals surface area contributed by atoms with Gasteiger partial charge in [0.25, 0.3) is 0 Å². The van der Waals surface area contributed by atoms with Gasteiger partial charge in [-0.15, -0.1) is 0 Å². The molecule has 5 nitrogen and oxygen atoms in total. The number of aromatic nitrogens is 2. The molecule has 0 aliphatic carbocycles. The van der Waals surface area contributed by atoms with Crippen LogP contribution in [-0.4, -0.2) is 39.3 Å². The minimum atomic E-state index is -0.752. The van der Waals surface area contributed by atoms with Gasteiger partial charge in [-0.25, -0.2) is 9.97 Å². The molecule has 7 heteroatoms. The maximum atomic E-state index is 11.0. The van der Waals surface area contributed by atoms with Gasteiger partial charge in [-0.3, -0.25) is 4.21 Å². The summed E-state index contributed by atoms with van der Waals surface area (Å²) in [7, 11) is 1.05. The number of halogens is 1. The molecule has 0 aromatic carbocycles. The maximum Gasteiger partial charge on any atom is 0.146 e. The topological polar surface area (TPSA) is 66.9 Å². The van der Waals surface area contributed by atoms with E-state index in [1.807, 2.05) is 6.92 Å². The highest BCUT2D eigenvalue weighted by molar-refractivity contribution is 9.10. The Morgan fingerprint density at radius 1 is 1.47 bits per heavy atom. The Morgan fingerprint density at radius 2 is 2.12 bits per heavy atom. The van der Waals surface area contributed by atoms with Crippen LogP contribution in [0.1, 0.15) is 13.3 Å². The Labute approximate surface area is 112 Å². The van der Waals surface area contributed by atoms with Crippen molar-refractivity contribution in [1.29, 1.82) is 0 Å². The lowest BCUT2D eigenvalue weighted by Gasteiger charge is -2.15. The largest absolute Gasteiger partial charge is 0.372 e. The monoisotopic (exact) mass is 320 g/mol. The average molecular weight is 321 g/mol. The van der Waals surface area contributed by atoms with Gasteiger partial charge in [-0.2, -0.15) is 0 Å². The van der Waals surface area contributed by atoms with E-state index in [4.69, 9.17) is 0 Å². The van der Waals surface area contributed by atoms with Crippen LogP contribution in [0.3, 0.4) is 0 Å². The second-order valence-corrected chi connectivity index (χ2v) is 6.09. The van der Waals surface area contributed by atoms with E-state index in [0.29, 0.717) is 5.75 Å². The lowest BCUT2D eigenvalue weighted by molar-refractivity contribution is 0.678. The summed E-state index contributed by atoms with van der Waals surface area (Å²) in [5.41, 5.74) is 0. The molecule has 1 aromatic heterocycles. The first-order chi connectivity index (χ1) is 8.04. The van der Waals surface area contributed by atoms with Gasteiger partial charge < -0.3 is 10.6 Å². The SMILES string of the molecule is CNc1ncnc(NC(C)CCS(C)=O)c1Br. The zero-order chi connectivity index (χ0) is 12.8. The van der Waals surface area contributed by atoms with E-state index < -0.39 is 10.8 Å². The molecular formula is C10H17BrN4OS. The molecule has 17 heavy (non-hydrogen) atoms. The average Bonchev–Trinajstić information content (AvgIpc) is 2.29. The molecule has 0 saturated carbocycles. The van der Waals surface area contributed by atoms with E-state index in [9.17, 15) is 4.21 Å². The highest BCUT2D eigenvalue weighted by atomic mass is 79.9. The smallest absolute Gasteiger partial charge is 0.146 e.